The lowest BCUT2D eigenvalue weighted by molar-refractivity contribution is -0.138. The van der Waals surface area contributed by atoms with Crippen molar-refractivity contribution in [2.45, 2.75) is 37.4 Å². The van der Waals surface area contributed by atoms with E-state index in [9.17, 15) is 14.4 Å². The SMILES string of the molecule is Cc1ccccc1-n1cnnc1SCC(=O)NN1C(=O)N[C@](C)(CCc2ccccc2)C1=O. The molecule has 10 heteroatoms. The molecule has 0 unspecified atom stereocenters. The lowest BCUT2D eigenvalue weighted by Crippen LogP contribution is -2.49. The van der Waals surface area contributed by atoms with Crippen LogP contribution in [0.4, 0.5) is 4.79 Å². The molecule has 0 saturated carbocycles. The summed E-state index contributed by atoms with van der Waals surface area (Å²) in [5.74, 6) is -1.01. The van der Waals surface area contributed by atoms with Gasteiger partial charge in [-0.05, 0) is 43.9 Å². The Morgan fingerprint density at radius 1 is 1.12 bits per heavy atom. The number of hydrazine groups is 1. The summed E-state index contributed by atoms with van der Waals surface area (Å²) >= 11 is 1.17. The third-order valence-electron chi connectivity index (χ3n) is 5.48. The molecule has 2 heterocycles. The molecular formula is C23H24N6O3S. The van der Waals surface area contributed by atoms with Crippen molar-refractivity contribution in [1.29, 1.82) is 0 Å². The van der Waals surface area contributed by atoms with Crippen molar-refractivity contribution < 1.29 is 14.4 Å². The largest absolute Gasteiger partial charge is 0.344 e. The number of rotatable bonds is 8. The molecule has 2 N–H and O–H groups in total. The topological polar surface area (TPSA) is 109 Å². The van der Waals surface area contributed by atoms with Crippen molar-refractivity contribution in [3.63, 3.8) is 0 Å². The molecule has 4 rings (SSSR count). The Morgan fingerprint density at radius 3 is 2.61 bits per heavy atom. The van der Waals surface area contributed by atoms with Gasteiger partial charge in [-0.2, -0.15) is 5.01 Å². The van der Waals surface area contributed by atoms with E-state index in [-0.39, 0.29) is 5.75 Å². The highest BCUT2D eigenvalue weighted by Gasteiger charge is 2.48. The average Bonchev–Trinajstić information content (AvgIpc) is 3.36. The van der Waals surface area contributed by atoms with E-state index in [1.807, 2.05) is 61.5 Å². The number of imide groups is 1. The Hall–Kier alpha value is -3.66. The highest BCUT2D eigenvalue weighted by molar-refractivity contribution is 7.99. The summed E-state index contributed by atoms with van der Waals surface area (Å²) in [7, 11) is 0. The second kappa shape index (κ2) is 9.45. The van der Waals surface area contributed by atoms with Gasteiger partial charge in [-0.3, -0.25) is 19.6 Å². The molecule has 0 spiro atoms. The number of benzene rings is 2. The number of urea groups is 1. The van der Waals surface area contributed by atoms with Crippen LogP contribution in [0.5, 0.6) is 0 Å². The van der Waals surface area contributed by atoms with Crippen LogP contribution in [-0.2, 0) is 16.0 Å². The maximum absolute atomic E-state index is 12.9. The van der Waals surface area contributed by atoms with Gasteiger partial charge >= 0.3 is 6.03 Å². The highest BCUT2D eigenvalue weighted by Crippen LogP contribution is 2.24. The van der Waals surface area contributed by atoms with Gasteiger partial charge in [-0.1, -0.05) is 60.3 Å². The van der Waals surface area contributed by atoms with Gasteiger partial charge in [-0.25, -0.2) is 4.79 Å². The summed E-state index contributed by atoms with van der Waals surface area (Å²) in [4.78, 5) is 37.8. The number of para-hydroxylation sites is 1. The van der Waals surface area contributed by atoms with Crippen LogP contribution < -0.4 is 10.7 Å². The third-order valence-corrected chi connectivity index (χ3v) is 6.42. The Bertz CT molecular complexity index is 1180. The summed E-state index contributed by atoms with van der Waals surface area (Å²) in [6.07, 6.45) is 2.62. The van der Waals surface area contributed by atoms with Gasteiger partial charge in [-0.15, -0.1) is 10.2 Å². The van der Waals surface area contributed by atoms with Gasteiger partial charge in [0, 0.05) is 0 Å². The van der Waals surface area contributed by atoms with Crippen LogP contribution in [0.2, 0.25) is 0 Å². The second-order valence-electron chi connectivity index (χ2n) is 7.98. The number of hydrogen-bond donors (Lipinski definition) is 2. The van der Waals surface area contributed by atoms with Gasteiger partial charge in [0.05, 0.1) is 11.4 Å². The van der Waals surface area contributed by atoms with Crippen LogP contribution in [0.25, 0.3) is 5.69 Å². The fourth-order valence-electron chi connectivity index (χ4n) is 3.60. The van der Waals surface area contributed by atoms with E-state index in [2.05, 4.69) is 20.9 Å². The predicted octanol–water partition coefficient (Wildman–Crippen LogP) is 2.64. The fraction of sp³-hybridized carbons (Fsp3) is 0.261. The Labute approximate surface area is 195 Å². The molecule has 3 aromatic rings. The van der Waals surface area contributed by atoms with E-state index in [1.54, 1.807) is 17.8 Å². The van der Waals surface area contributed by atoms with E-state index >= 15 is 0 Å². The Morgan fingerprint density at radius 2 is 1.85 bits per heavy atom. The van der Waals surface area contributed by atoms with Crippen molar-refractivity contribution in [2.75, 3.05) is 5.75 Å². The highest BCUT2D eigenvalue weighted by atomic mass is 32.2. The molecule has 1 aliphatic heterocycles. The number of nitrogens with one attached hydrogen (secondary N) is 2. The van der Waals surface area contributed by atoms with Crippen molar-refractivity contribution >= 4 is 29.6 Å². The van der Waals surface area contributed by atoms with E-state index in [0.29, 0.717) is 18.0 Å². The van der Waals surface area contributed by atoms with Gasteiger partial charge in [0.15, 0.2) is 5.16 Å². The third kappa shape index (κ3) is 4.90. The normalized spacial score (nSPS) is 17.8. The quantitative estimate of drug-likeness (QED) is 0.392. The Kier molecular flexibility index (Phi) is 6.45. The van der Waals surface area contributed by atoms with Crippen molar-refractivity contribution in [3.05, 3.63) is 72.1 Å². The number of carbonyl (C=O) groups excluding carboxylic acids is 3. The maximum atomic E-state index is 12.9. The van der Waals surface area contributed by atoms with Gasteiger partial charge in [0.2, 0.25) is 5.91 Å². The predicted molar refractivity (Wildman–Crippen MR) is 124 cm³/mol. The van der Waals surface area contributed by atoms with Gasteiger partial charge in [0.1, 0.15) is 11.9 Å². The number of nitrogens with zero attached hydrogens (tertiary/aromatic N) is 4. The molecule has 1 aliphatic rings. The Balaban J connectivity index is 1.35. The molecule has 9 nitrogen and oxygen atoms in total. The molecule has 33 heavy (non-hydrogen) atoms. The monoisotopic (exact) mass is 464 g/mol. The molecule has 2 aromatic carbocycles. The molecule has 4 amide bonds. The first-order chi connectivity index (χ1) is 15.9. The summed E-state index contributed by atoms with van der Waals surface area (Å²) in [6, 6.07) is 16.8. The van der Waals surface area contributed by atoms with Crippen molar-refractivity contribution in [1.82, 2.24) is 30.5 Å². The van der Waals surface area contributed by atoms with Crippen LogP contribution >= 0.6 is 11.8 Å². The number of aryl methyl sites for hydroxylation is 2. The van der Waals surface area contributed by atoms with Gasteiger partial charge < -0.3 is 5.32 Å². The molecule has 1 saturated heterocycles. The summed E-state index contributed by atoms with van der Waals surface area (Å²) in [6.45, 7) is 3.64. The fourth-order valence-corrected chi connectivity index (χ4v) is 4.32. The van der Waals surface area contributed by atoms with Crippen LogP contribution in [0, 0.1) is 6.92 Å². The second-order valence-corrected chi connectivity index (χ2v) is 8.92. The van der Waals surface area contributed by atoms with Gasteiger partial charge in [0.25, 0.3) is 5.91 Å². The smallest absolute Gasteiger partial charge is 0.322 e. The zero-order valence-electron chi connectivity index (χ0n) is 18.3. The lowest BCUT2D eigenvalue weighted by atomic mass is 9.93. The number of amides is 4. The first-order valence-electron chi connectivity index (χ1n) is 10.5. The van der Waals surface area contributed by atoms with Crippen LogP contribution in [0.3, 0.4) is 0 Å². The molecule has 1 atom stereocenters. The summed E-state index contributed by atoms with van der Waals surface area (Å²) in [5, 5.41) is 12.0. The average molecular weight is 465 g/mol. The number of carbonyl (C=O) groups is 3. The standard InChI is InChI=1S/C23H24N6O3S/c1-16-8-6-7-11-18(16)28-15-24-26-22(28)33-14-19(30)27-29-20(31)23(2,25-21(29)32)13-12-17-9-4-3-5-10-17/h3-11,15H,12-14H2,1-2H3,(H,25,32)(H,27,30)/t23-/m1/s1. The summed E-state index contributed by atoms with van der Waals surface area (Å²) in [5.41, 5.74) is 4.35. The van der Waals surface area contributed by atoms with Crippen molar-refractivity contribution in [2.24, 2.45) is 0 Å². The molecule has 0 bridgehead atoms. The molecule has 1 aromatic heterocycles. The zero-order valence-corrected chi connectivity index (χ0v) is 19.1. The number of aromatic nitrogens is 3. The van der Waals surface area contributed by atoms with Crippen LogP contribution in [0.15, 0.2) is 66.1 Å². The zero-order chi connectivity index (χ0) is 23.4. The van der Waals surface area contributed by atoms with Crippen molar-refractivity contribution in [3.8, 4) is 5.69 Å². The minimum atomic E-state index is -1.08. The van der Waals surface area contributed by atoms with E-state index in [0.717, 1.165) is 21.8 Å². The van der Waals surface area contributed by atoms with Crippen LogP contribution in [-0.4, -0.2) is 48.9 Å². The van der Waals surface area contributed by atoms with E-state index in [1.165, 1.54) is 11.8 Å². The number of hydrogen-bond acceptors (Lipinski definition) is 6. The minimum Gasteiger partial charge on any atom is -0.322 e. The van der Waals surface area contributed by atoms with E-state index < -0.39 is 23.4 Å². The molecule has 170 valence electrons. The molecule has 0 aliphatic carbocycles. The first kappa shape index (κ1) is 22.5. The first-order valence-corrected chi connectivity index (χ1v) is 11.4. The summed E-state index contributed by atoms with van der Waals surface area (Å²) < 4.78 is 1.79. The van der Waals surface area contributed by atoms with E-state index in [4.69, 9.17) is 0 Å². The maximum Gasteiger partial charge on any atom is 0.344 e. The molecule has 1 fully saturated rings. The number of thioether (sulfide) groups is 1. The lowest BCUT2D eigenvalue weighted by Gasteiger charge is -2.21. The minimum absolute atomic E-state index is 0.0393. The van der Waals surface area contributed by atoms with Crippen LogP contribution in [0.1, 0.15) is 24.5 Å². The molecular weight excluding hydrogens is 440 g/mol. The molecule has 0 radical (unpaired) electrons.